The Kier molecular flexibility index (Phi) is 6.32. The minimum absolute atomic E-state index is 0.0879. The molecule has 1 aliphatic rings. The largest absolute Gasteiger partial charge is 0.393 e. The summed E-state index contributed by atoms with van der Waals surface area (Å²) in [6.07, 6.45) is 4.28. The average molecular weight is 269 g/mol. The first-order chi connectivity index (χ1) is 8.81. The Hall–Kier alpha value is -0.0800. The second-order valence-corrected chi connectivity index (χ2v) is 7.46. The second kappa shape index (κ2) is 7.08. The maximum atomic E-state index is 10.1. The van der Waals surface area contributed by atoms with Crippen LogP contribution in [0.1, 0.15) is 67.2 Å². The van der Waals surface area contributed by atoms with Gasteiger partial charge < -0.3 is 10.0 Å². The highest BCUT2D eigenvalue weighted by Crippen LogP contribution is 2.42. The molecule has 2 heteroatoms. The topological polar surface area (TPSA) is 23.5 Å². The molecule has 0 heterocycles. The lowest BCUT2D eigenvalue weighted by atomic mass is 9.66. The molecule has 1 aliphatic carbocycles. The van der Waals surface area contributed by atoms with Crippen LogP contribution >= 0.6 is 0 Å². The summed E-state index contributed by atoms with van der Waals surface area (Å²) in [5, 5.41) is 10.1. The van der Waals surface area contributed by atoms with Crippen LogP contribution in [0.2, 0.25) is 0 Å². The molecule has 0 saturated heterocycles. The third-order valence-electron chi connectivity index (χ3n) is 5.18. The molecule has 0 aromatic rings. The normalized spacial score (nSPS) is 29.2. The zero-order valence-corrected chi connectivity index (χ0v) is 13.9. The van der Waals surface area contributed by atoms with Crippen LogP contribution in [0.5, 0.6) is 0 Å². The van der Waals surface area contributed by atoms with Gasteiger partial charge in [-0.2, -0.15) is 0 Å². The average Bonchev–Trinajstić information content (AvgIpc) is 2.35. The minimum Gasteiger partial charge on any atom is -0.393 e. The zero-order valence-electron chi connectivity index (χ0n) is 13.9. The first-order valence-electron chi connectivity index (χ1n) is 8.23. The Morgan fingerprint density at radius 3 is 2.32 bits per heavy atom. The van der Waals surface area contributed by atoms with Crippen molar-refractivity contribution in [2.75, 3.05) is 13.1 Å². The van der Waals surface area contributed by atoms with Crippen molar-refractivity contribution in [3.05, 3.63) is 0 Å². The van der Waals surface area contributed by atoms with Gasteiger partial charge in [0, 0.05) is 12.6 Å². The van der Waals surface area contributed by atoms with Gasteiger partial charge in [-0.3, -0.25) is 0 Å². The molecule has 3 unspecified atom stereocenters. The summed E-state index contributed by atoms with van der Waals surface area (Å²) in [6.45, 7) is 16.2. The quantitative estimate of drug-likeness (QED) is 0.790. The first kappa shape index (κ1) is 17.0. The summed E-state index contributed by atoms with van der Waals surface area (Å²) < 4.78 is 0. The van der Waals surface area contributed by atoms with E-state index >= 15 is 0 Å². The highest BCUT2D eigenvalue weighted by Gasteiger charge is 2.40. The fourth-order valence-electron chi connectivity index (χ4n) is 3.67. The van der Waals surface area contributed by atoms with E-state index in [-0.39, 0.29) is 6.10 Å². The molecule has 114 valence electrons. The van der Waals surface area contributed by atoms with E-state index in [9.17, 15) is 5.11 Å². The summed E-state index contributed by atoms with van der Waals surface area (Å²) in [5.41, 5.74) is 0.384. The summed E-state index contributed by atoms with van der Waals surface area (Å²) in [7, 11) is 0. The van der Waals surface area contributed by atoms with Gasteiger partial charge in [0.1, 0.15) is 0 Å². The number of nitrogens with zero attached hydrogens (tertiary/aromatic N) is 1. The van der Waals surface area contributed by atoms with Gasteiger partial charge in [0.25, 0.3) is 0 Å². The van der Waals surface area contributed by atoms with Gasteiger partial charge in [-0.15, -0.1) is 0 Å². The molecule has 1 N–H and O–H groups in total. The maximum absolute atomic E-state index is 10.1. The van der Waals surface area contributed by atoms with E-state index in [1.54, 1.807) is 0 Å². The summed E-state index contributed by atoms with van der Waals surface area (Å²) in [6, 6.07) is 0.561. The molecule has 0 aromatic carbocycles. The lowest BCUT2D eigenvalue weighted by Gasteiger charge is -2.48. The van der Waals surface area contributed by atoms with Gasteiger partial charge in [0.05, 0.1) is 6.10 Å². The Morgan fingerprint density at radius 1 is 1.21 bits per heavy atom. The molecule has 1 fully saturated rings. The van der Waals surface area contributed by atoms with Gasteiger partial charge in [0.2, 0.25) is 0 Å². The van der Waals surface area contributed by atoms with Gasteiger partial charge in [-0.1, -0.05) is 48.0 Å². The van der Waals surface area contributed by atoms with Crippen LogP contribution < -0.4 is 0 Å². The van der Waals surface area contributed by atoms with Crippen LogP contribution in [0, 0.1) is 17.3 Å². The fraction of sp³-hybridized carbons (Fsp3) is 1.00. The van der Waals surface area contributed by atoms with Crippen LogP contribution in [-0.2, 0) is 0 Å². The van der Waals surface area contributed by atoms with E-state index in [4.69, 9.17) is 0 Å². The number of hydrogen-bond donors (Lipinski definition) is 1. The third-order valence-corrected chi connectivity index (χ3v) is 5.18. The first-order valence-corrected chi connectivity index (χ1v) is 8.23. The van der Waals surface area contributed by atoms with Gasteiger partial charge in [0.15, 0.2) is 0 Å². The lowest BCUT2D eigenvalue weighted by Crippen LogP contribution is -2.51. The Labute approximate surface area is 120 Å². The van der Waals surface area contributed by atoms with Crippen LogP contribution in [0.4, 0.5) is 0 Å². The van der Waals surface area contributed by atoms with Gasteiger partial charge in [-0.05, 0) is 43.1 Å². The summed E-state index contributed by atoms with van der Waals surface area (Å²) >= 11 is 0. The molecule has 0 aromatic heterocycles. The number of hydrogen-bond acceptors (Lipinski definition) is 2. The van der Waals surface area contributed by atoms with Gasteiger partial charge >= 0.3 is 0 Å². The predicted molar refractivity (Wildman–Crippen MR) is 83.3 cm³/mol. The SMILES string of the molecule is CCN(CC(C)C)C1CC(O)CCC1C(C)(C)CC. The maximum Gasteiger partial charge on any atom is 0.0555 e. The van der Waals surface area contributed by atoms with Crippen molar-refractivity contribution >= 4 is 0 Å². The highest BCUT2D eigenvalue weighted by atomic mass is 16.3. The fourth-order valence-corrected chi connectivity index (χ4v) is 3.67. The molecular formula is C17H35NO. The standard InChI is InChI=1S/C17H35NO/c1-7-17(5,6)15-10-9-14(19)11-16(15)18(8-2)12-13(3)4/h13-16,19H,7-12H2,1-6H3. The zero-order chi connectivity index (χ0) is 14.6. The molecule has 3 atom stereocenters. The van der Waals surface area contributed by atoms with Crippen molar-refractivity contribution in [1.29, 1.82) is 0 Å². The number of rotatable bonds is 6. The molecule has 0 bridgehead atoms. The summed E-state index contributed by atoms with van der Waals surface area (Å²) in [4.78, 5) is 2.62. The lowest BCUT2D eigenvalue weighted by molar-refractivity contribution is -0.0200. The van der Waals surface area contributed by atoms with Crippen molar-refractivity contribution < 1.29 is 5.11 Å². The molecule has 0 aliphatic heterocycles. The Balaban J connectivity index is 2.88. The van der Waals surface area contributed by atoms with E-state index in [1.807, 2.05) is 0 Å². The van der Waals surface area contributed by atoms with Crippen LogP contribution in [0.3, 0.4) is 0 Å². The van der Waals surface area contributed by atoms with E-state index < -0.39 is 0 Å². The molecule has 0 spiro atoms. The van der Waals surface area contributed by atoms with E-state index in [2.05, 4.69) is 46.4 Å². The van der Waals surface area contributed by atoms with Crippen LogP contribution in [0.15, 0.2) is 0 Å². The van der Waals surface area contributed by atoms with Crippen LogP contribution in [0.25, 0.3) is 0 Å². The molecular weight excluding hydrogens is 234 g/mol. The highest BCUT2D eigenvalue weighted by molar-refractivity contribution is 4.93. The van der Waals surface area contributed by atoms with Crippen molar-refractivity contribution in [3.63, 3.8) is 0 Å². The third kappa shape index (κ3) is 4.46. The Morgan fingerprint density at radius 2 is 1.84 bits per heavy atom. The van der Waals surface area contributed by atoms with Crippen molar-refractivity contribution in [2.24, 2.45) is 17.3 Å². The summed E-state index contributed by atoms with van der Waals surface area (Å²) in [5.74, 6) is 1.42. The van der Waals surface area contributed by atoms with E-state index in [0.717, 1.165) is 31.8 Å². The smallest absolute Gasteiger partial charge is 0.0555 e. The molecule has 1 saturated carbocycles. The Bertz CT molecular complexity index is 262. The van der Waals surface area contributed by atoms with Gasteiger partial charge in [-0.25, -0.2) is 0 Å². The minimum atomic E-state index is -0.0879. The van der Waals surface area contributed by atoms with E-state index in [1.165, 1.54) is 12.8 Å². The molecule has 2 nitrogen and oxygen atoms in total. The number of aliphatic hydroxyl groups excluding tert-OH is 1. The monoisotopic (exact) mass is 269 g/mol. The van der Waals surface area contributed by atoms with Crippen molar-refractivity contribution in [1.82, 2.24) is 4.90 Å². The van der Waals surface area contributed by atoms with Crippen molar-refractivity contribution in [3.8, 4) is 0 Å². The van der Waals surface area contributed by atoms with E-state index in [0.29, 0.717) is 17.4 Å². The molecule has 0 amide bonds. The molecule has 1 rings (SSSR count). The molecule has 19 heavy (non-hydrogen) atoms. The van der Waals surface area contributed by atoms with Crippen molar-refractivity contribution in [2.45, 2.75) is 79.4 Å². The number of aliphatic hydroxyl groups is 1. The predicted octanol–water partition coefficient (Wildman–Crippen LogP) is 3.93. The molecule has 0 radical (unpaired) electrons. The second-order valence-electron chi connectivity index (χ2n) is 7.46. The van der Waals surface area contributed by atoms with Crippen LogP contribution in [-0.4, -0.2) is 35.2 Å².